The Morgan fingerprint density at radius 3 is 1.30 bits per heavy atom. The van der Waals surface area contributed by atoms with Crippen LogP contribution in [0.1, 0.15) is 123 Å². The molecule has 4 N–H and O–H groups in total. The van der Waals surface area contributed by atoms with E-state index in [2.05, 4.69) is 12.2 Å². The van der Waals surface area contributed by atoms with Gasteiger partial charge in [-0.1, -0.05) is 103 Å². The monoisotopic (exact) mass is 386 g/mol. The first-order chi connectivity index (χ1) is 13.1. The Morgan fingerprint density at radius 2 is 0.963 bits per heavy atom. The zero-order valence-electron chi connectivity index (χ0n) is 18.6. The van der Waals surface area contributed by atoms with Gasteiger partial charge in [-0.25, -0.2) is 0 Å². The molecule has 0 bridgehead atoms. The lowest BCUT2D eigenvalue weighted by molar-refractivity contribution is -0.134. The molecular formula is C23H50N2O2. The Morgan fingerprint density at radius 1 is 0.667 bits per heavy atom. The number of nitrogens with one attached hydrogen (secondary N) is 1. The van der Waals surface area contributed by atoms with E-state index >= 15 is 0 Å². The van der Waals surface area contributed by atoms with E-state index in [4.69, 9.17) is 15.6 Å². The van der Waals surface area contributed by atoms with Crippen molar-refractivity contribution >= 4 is 5.97 Å². The summed E-state index contributed by atoms with van der Waals surface area (Å²) >= 11 is 0. The van der Waals surface area contributed by atoms with Crippen molar-refractivity contribution in [3.63, 3.8) is 0 Å². The molecule has 0 heterocycles. The predicted octanol–water partition coefficient (Wildman–Crippen LogP) is 6.28. The van der Waals surface area contributed by atoms with Crippen molar-refractivity contribution in [1.29, 1.82) is 0 Å². The van der Waals surface area contributed by atoms with Gasteiger partial charge in [0.15, 0.2) is 0 Å². The van der Waals surface area contributed by atoms with Gasteiger partial charge in [0.1, 0.15) is 0 Å². The zero-order chi connectivity index (χ0) is 20.4. The summed E-state index contributed by atoms with van der Waals surface area (Å²) in [6.07, 6.45) is 24.2. The number of carbonyl (C=O) groups is 1. The van der Waals surface area contributed by atoms with Crippen molar-refractivity contribution in [2.24, 2.45) is 5.73 Å². The molecule has 0 aromatic heterocycles. The minimum absolute atomic E-state index is 0.811. The molecule has 0 aliphatic heterocycles. The summed E-state index contributed by atoms with van der Waals surface area (Å²) < 4.78 is 0. The van der Waals surface area contributed by atoms with Crippen molar-refractivity contribution in [3.8, 4) is 0 Å². The molecule has 0 spiro atoms. The van der Waals surface area contributed by atoms with Crippen LogP contribution in [-0.4, -0.2) is 30.7 Å². The fourth-order valence-corrected chi connectivity index (χ4v) is 3.15. The van der Waals surface area contributed by atoms with Crippen LogP contribution < -0.4 is 11.1 Å². The van der Waals surface area contributed by atoms with E-state index < -0.39 is 5.97 Å². The standard InChI is InChI=1S/C21H46N2.C2H4O2/c1-2-3-4-5-6-7-8-9-10-11-12-13-14-15-16-17-20-23-21-18-19-22;1-2(3)4/h23H,2-22H2,1H3;1H3,(H,3,4). The second-order valence-corrected chi connectivity index (χ2v) is 7.71. The van der Waals surface area contributed by atoms with Gasteiger partial charge >= 0.3 is 0 Å². The Labute approximate surface area is 170 Å². The largest absolute Gasteiger partial charge is 0.481 e. The highest BCUT2D eigenvalue weighted by molar-refractivity contribution is 5.62. The van der Waals surface area contributed by atoms with Crippen LogP contribution in [0, 0.1) is 0 Å². The molecule has 0 fully saturated rings. The highest BCUT2D eigenvalue weighted by Crippen LogP contribution is 2.13. The van der Waals surface area contributed by atoms with Crippen LogP contribution in [-0.2, 0) is 4.79 Å². The van der Waals surface area contributed by atoms with E-state index in [1.54, 1.807) is 0 Å². The molecule has 27 heavy (non-hydrogen) atoms. The quantitative estimate of drug-likeness (QED) is 0.215. The van der Waals surface area contributed by atoms with Gasteiger partial charge in [-0.2, -0.15) is 0 Å². The van der Waals surface area contributed by atoms with E-state index in [1.807, 2.05) is 0 Å². The fourth-order valence-electron chi connectivity index (χ4n) is 3.15. The number of aliphatic carboxylic acids is 1. The molecule has 0 amide bonds. The molecule has 0 aromatic rings. The van der Waals surface area contributed by atoms with Crippen LogP contribution >= 0.6 is 0 Å². The first-order valence-corrected chi connectivity index (χ1v) is 11.8. The summed E-state index contributed by atoms with van der Waals surface area (Å²) in [5.74, 6) is -0.833. The lowest BCUT2D eigenvalue weighted by Crippen LogP contribution is -2.19. The lowest BCUT2D eigenvalue weighted by Gasteiger charge is -2.04. The summed E-state index contributed by atoms with van der Waals surface area (Å²) in [5, 5.41) is 10.9. The molecule has 0 saturated carbocycles. The van der Waals surface area contributed by atoms with Crippen LogP contribution in [0.2, 0.25) is 0 Å². The van der Waals surface area contributed by atoms with Crippen LogP contribution in [0.25, 0.3) is 0 Å². The normalized spacial score (nSPS) is 10.5. The van der Waals surface area contributed by atoms with Crippen LogP contribution in [0.4, 0.5) is 0 Å². The van der Waals surface area contributed by atoms with Gasteiger partial charge in [0, 0.05) is 6.92 Å². The lowest BCUT2D eigenvalue weighted by atomic mass is 10.0. The SMILES string of the molecule is CC(=O)O.CCCCCCCCCCCCCCCCCCNCCCN. The minimum atomic E-state index is -0.833. The molecule has 0 saturated heterocycles. The fraction of sp³-hybridized carbons (Fsp3) is 0.957. The van der Waals surface area contributed by atoms with Gasteiger partial charge in [-0.3, -0.25) is 4.79 Å². The molecule has 0 aromatic carbocycles. The maximum absolute atomic E-state index is 9.00. The first kappa shape index (κ1) is 28.6. The number of hydrogen-bond donors (Lipinski definition) is 3. The molecular weight excluding hydrogens is 336 g/mol. The molecule has 164 valence electrons. The molecule has 0 radical (unpaired) electrons. The molecule has 4 heteroatoms. The van der Waals surface area contributed by atoms with Crippen molar-refractivity contribution in [3.05, 3.63) is 0 Å². The molecule has 0 atom stereocenters. The smallest absolute Gasteiger partial charge is 0.300 e. The highest BCUT2D eigenvalue weighted by Gasteiger charge is 1.94. The van der Waals surface area contributed by atoms with Crippen molar-refractivity contribution in [2.75, 3.05) is 19.6 Å². The molecule has 0 unspecified atom stereocenters. The first-order valence-electron chi connectivity index (χ1n) is 11.8. The number of unbranched alkanes of at least 4 members (excludes halogenated alkanes) is 15. The zero-order valence-corrected chi connectivity index (χ0v) is 18.6. The number of carboxylic acid groups (broad SMARTS) is 1. The molecule has 0 aliphatic carbocycles. The van der Waals surface area contributed by atoms with Crippen molar-refractivity contribution < 1.29 is 9.90 Å². The van der Waals surface area contributed by atoms with Gasteiger partial charge < -0.3 is 16.2 Å². The van der Waals surface area contributed by atoms with E-state index in [0.717, 1.165) is 26.4 Å². The van der Waals surface area contributed by atoms with Crippen LogP contribution in [0.5, 0.6) is 0 Å². The third-order valence-electron chi connectivity index (χ3n) is 4.76. The summed E-state index contributed by atoms with van der Waals surface area (Å²) in [4.78, 5) is 9.00. The van der Waals surface area contributed by atoms with E-state index in [-0.39, 0.29) is 0 Å². The van der Waals surface area contributed by atoms with Gasteiger partial charge in [-0.05, 0) is 32.5 Å². The maximum Gasteiger partial charge on any atom is 0.300 e. The van der Waals surface area contributed by atoms with Gasteiger partial charge in [0.2, 0.25) is 0 Å². The number of carboxylic acids is 1. The van der Waals surface area contributed by atoms with E-state index in [1.165, 1.54) is 109 Å². The number of rotatable bonds is 20. The minimum Gasteiger partial charge on any atom is -0.481 e. The molecule has 4 nitrogen and oxygen atoms in total. The summed E-state index contributed by atoms with van der Waals surface area (Å²) in [6, 6.07) is 0. The van der Waals surface area contributed by atoms with Gasteiger partial charge in [0.05, 0.1) is 0 Å². The topological polar surface area (TPSA) is 75.3 Å². The average molecular weight is 387 g/mol. The van der Waals surface area contributed by atoms with Gasteiger partial charge in [0.25, 0.3) is 5.97 Å². The van der Waals surface area contributed by atoms with Crippen molar-refractivity contribution in [1.82, 2.24) is 5.32 Å². The summed E-state index contributed by atoms with van der Waals surface area (Å²) in [7, 11) is 0. The van der Waals surface area contributed by atoms with Crippen LogP contribution in [0.3, 0.4) is 0 Å². The third-order valence-corrected chi connectivity index (χ3v) is 4.76. The Balaban J connectivity index is 0. The maximum atomic E-state index is 9.00. The Kier molecular flexibility index (Phi) is 29.2. The Hall–Kier alpha value is -0.610. The van der Waals surface area contributed by atoms with Crippen molar-refractivity contribution in [2.45, 2.75) is 123 Å². The second kappa shape index (κ2) is 27.6. The third kappa shape index (κ3) is 36.9. The second-order valence-electron chi connectivity index (χ2n) is 7.71. The summed E-state index contributed by atoms with van der Waals surface area (Å²) in [5.41, 5.74) is 5.47. The van der Waals surface area contributed by atoms with E-state index in [9.17, 15) is 0 Å². The molecule has 0 rings (SSSR count). The number of nitrogens with two attached hydrogens (primary N) is 1. The average Bonchev–Trinajstić information content (AvgIpc) is 2.63. The Bertz CT molecular complexity index is 249. The van der Waals surface area contributed by atoms with E-state index in [0.29, 0.717) is 0 Å². The van der Waals surface area contributed by atoms with Gasteiger partial charge in [-0.15, -0.1) is 0 Å². The molecule has 0 aliphatic rings. The summed E-state index contributed by atoms with van der Waals surface area (Å²) in [6.45, 7) is 6.46. The number of hydrogen-bond acceptors (Lipinski definition) is 3. The highest BCUT2D eigenvalue weighted by atomic mass is 16.4. The predicted molar refractivity (Wildman–Crippen MR) is 119 cm³/mol. The van der Waals surface area contributed by atoms with Crippen LogP contribution in [0.15, 0.2) is 0 Å².